The van der Waals surface area contributed by atoms with E-state index in [0.29, 0.717) is 48.7 Å². The van der Waals surface area contributed by atoms with Crippen LogP contribution in [-0.2, 0) is 24.4 Å². The molecule has 12 heteroatoms. The third kappa shape index (κ3) is 5.79. The number of fused-ring (bicyclic) bond motifs is 1. The highest BCUT2D eigenvalue weighted by Crippen LogP contribution is 2.33. The summed E-state index contributed by atoms with van der Waals surface area (Å²) in [7, 11) is 0. The molecule has 6 rings (SSSR count). The first-order valence-corrected chi connectivity index (χ1v) is 14.2. The van der Waals surface area contributed by atoms with Crippen LogP contribution in [0.1, 0.15) is 45.5 Å². The van der Waals surface area contributed by atoms with Gasteiger partial charge in [-0.3, -0.25) is 4.90 Å². The number of piperidine rings is 1. The van der Waals surface area contributed by atoms with E-state index in [2.05, 4.69) is 9.83 Å². The predicted molar refractivity (Wildman–Crippen MR) is 148 cm³/mol. The highest BCUT2D eigenvalue weighted by Gasteiger charge is 2.33. The molecule has 1 aromatic carbocycles. The highest BCUT2D eigenvalue weighted by molar-refractivity contribution is 7.20. The molecule has 0 saturated carbocycles. The Labute approximate surface area is 238 Å². The average Bonchev–Trinajstić information content (AvgIpc) is 3.48. The Kier molecular flexibility index (Phi) is 7.66. The normalized spacial score (nSPS) is 21.0. The van der Waals surface area contributed by atoms with E-state index in [9.17, 15) is 14.3 Å². The van der Waals surface area contributed by atoms with Crippen LogP contribution in [0.5, 0.6) is 5.88 Å². The molecule has 2 fully saturated rings. The van der Waals surface area contributed by atoms with Gasteiger partial charge < -0.3 is 19.1 Å². The largest absolute Gasteiger partial charge is 0.477 e. The predicted octanol–water partition coefficient (Wildman–Crippen LogP) is 5.58. The molecule has 0 bridgehead atoms. The maximum atomic E-state index is 15.5. The van der Waals surface area contributed by atoms with E-state index in [-0.39, 0.29) is 35.7 Å². The summed E-state index contributed by atoms with van der Waals surface area (Å²) in [6.45, 7) is 9.52. The molecule has 1 N–H and O–H groups in total. The first-order valence-electron chi connectivity index (χ1n) is 13.3. The van der Waals surface area contributed by atoms with E-state index < -0.39 is 23.9 Å². The molecule has 4 aromatic rings. The summed E-state index contributed by atoms with van der Waals surface area (Å²) >= 11 is 1.14. The van der Waals surface area contributed by atoms with Crippen LogP contribution >= 0.6 is 11.3 Å². The molecule has 2 saturated heterocycles. The molecule has 3 unspecified atom stereocenters. The molecule has 3 atom stereocenters. The number of benzene rings is 1. The summed E-state index contributed by atoms with van der Waals surface area (Å²) < 4.78 is 43.1. The van der Waals surface area contributed by atoms with Crippen LogP contribution in [0.4, 0.5) is 14.5 Å². The molecule has 0 aliphatic carbocycles. The van der Waals surface area contributed by atoms with E-state index in [4.69, 9.17) is 21.0 Å². The summed E-state index contributed by atoms with van der Waals surface area (Å²) in [5.74, 6) is -0.849. The average molecular weight is 580 g/mol. The molecule has 0 spiro atoms. The van der Waals surface area contributed by atoms with E-state index in [0.717, 1.165) is 29.1 Å². The quantitative estimate of drug-likeness (QED) is 0.259. The minimum absolute atomic E-state index is 0.0536. The molecular formula is C29H27F2N5O4S. The standard InChI is InChI=1S/C29H27F2N5O4S/c1-32-18-6-5-17(21(30)11-18)16-40-27-4-2-3-23(33-27)20-7-9-35(14-22(20)31)15-26-34-28-24(12-25(41-28)29(37)38)36(26)13-19-8-10-39-19/h2-6,11-12,19-20,22H,7-10,13-16H2,(H,37,38). The number of ether oxygens (including phenoxy) is 2. The molecule has 212 valence electrons. The number of alkyl halides is 1. The number of halogens is 2. The van der Waals surface area contributed by atoms with Crippen molar-refractivity contribution in [2.45, 2.75) is 50.7 Å². The fourth-order valence-corrected chi connectivity index (χ4v) is 6.15. The van der Waals surface area contributed by atoms with Gasteiger partial charge in [0, 0.05) is 30.7 Å². The molecule has 41 heavy (non-hydrogen) atoms. The van der Waals surface area contributed by atoms with Gasteiger partial charge in [0.15, 0.2) is 5.69 Å². The van der Waals surface area contributed by atoms with Crippen molar-refractivity contribution in [3.8, 4) is 5.88 Å². The molecule has 0 amide bonds. The number of carboxylic acid groups (broad SMARTS) is 1. The number of thiophene rings is 1. The number of hydrogen-bond donors (Lipinski definition) is 1. The lowest BCUT2D eigenvalue weighted by atomic mass is 9.91. The summed E-state index contributed by atoms with van der Waals surface area (Å²) in [5, 5.41) is 9.40. The van der Waals surface area contributed by atoms with Crippen molar-refractivity contribution in [3.05, 3.63) is 81.7 Å². The number of rotatable bonds is 9. The maximum absolute atomic E-state index is 15.5. The molecule has 3 aromatic heterocycles. The third-order valence-electron chi connectivity index (χ3n) is 7.57. The first kappa shape index (κ1) is 27.3. The maximum Gasteiger partial charge on any atom is 0.346 e. The lowest BCUT2D eigenvalue weighted by molar-refractivity contribution is -0.0592. The van der Waals surface area contributed by atoms with Crippen LogP contribution in [0.15, 0.2) is 42.5 Å². The number of likely N-dealkylation sites (tertiary alicyclic amines) is 1. The summed E-state index contributed by atoms with van der Waals surface area (Å²) in [5.41, 5.74) is 1.88. The Morgan fingerprint density at radius 3 is 2.80 bits per heavy atom. The zero-order chi connectivity index (χ0) is 28.5. The lowest BCUT2D eigenvalue weighted by Gasteiger charge is -2.34. The molecular weight excluding hydrogens is 552 g/mol. The molecule has 5 heterocycles. The van der Waals surface area contributed by atoms with Crippen LogP contribution in [-0.4, -0.2) is 62.5 Å². The van der Waals surface area contributed by atoms with Crippen molar-refractivity contribution < 1.29 is 28.2 Å². The van der Waals surface area contributed by atoms with Crippen LogP contribution in [0.25, 0.3) is 15.2 Å². The van der Waals surface area contributed by atoms with Crippen molar-refractivity contribution in [3.63, 3.8) is 0 Å². The minimum atomic E-state index is -1.16. The third-order valence-corrected chi connectivity index (χ3v) is 8.58. The molecule has 2 aliphatic rings. The fraction of sp³-hybridized carbons (Fsp3) is 0.379. The van der Waals surface area contributed by atoms with Gasteiger partial charge in [0.2, 0.25) is 5.88 Å². The van der Waals surface area contributed by atoms with E-state index in [1.54, 1.807) is 24.3 Å². The van der Waals surface area contributed by atoms with Gasteiger partial charge >= 0.3 is 5.97 Å². The Bertz CT molecular complexity index is 1630. The first-order chi connectivity index (χ1) is 19.9. The van der Waals surface area contributed by atoms with E-state index in [1.165, 1.54) is 18.2 Å². The van der Waals surface area contributed by atoms with Crippen molar-refractivity contribution in [1.82, 2.24) is 19.4 Å². The van der Waals surface area contributed by atoms with E-state index >= 15 is 4.39 Å². The van der Waals surface area contributed by atoms with Crippen LogP contribution in [0.3, 0.4) is 0 Å². The smallest absolute Gasteiger partial charge is 0.346 e. The van der Waals surface area contributed by atoms with Crippen LogP contribution < -0.4 is 4.74 Å². The second kappa shape index (κ2) is 11.5. The summed E-state index contributed by atoms with van der Waals surface area (Å²) in [4.78, 5) is 26.9. The number of imidazole rings is 1. The van der Waals surface area contributed by atoms with Crippen molar-refractivity contribution in [2.24, 2.45) is 0 Å². The Morgan fingerprint density at radius 2 is 2.10 bits per heavy atom. The number of aromatic carboxylic acids is 1. The number of carboxylic acids is 1. The van der Waals surface area contributed by atoms with Gasteiger partial charge in [0.05, 0.1) is 37.0 Å². The monoisotopic (exact) mass is 579 g/mol. The highest BCUT2D eigenvalue weighted by atomic mass is 32.1. The van der Waals surface area contributed by atoms with Crippen molar-refractivity contribution in [1.29, 1.82) is 0 Å². The Morgan fingerprint density at radius 1 is 1.24 bits per heavy atom. The molecule has 0 radical (unpaired) electrons. The van der Waals surface area contributed by atoms with Gasteiger partial charge in [-0.15, -0.1) is 11.3 Å². The van der Waals surface area contributed by atoms with Gasteiger partial charge in [-0.1, -0.05) is 18.2 Å². The summed E-state index contributed by atoms with van der Waals surface area (Å²) in [6.07, 6.45) is 0.387. The topological polar surface area (TPSA) is 94.1 Å². The second-order valence-electron chi connectivity index (χ2n) is 10.2. The second-order valence-corrected chi connectivity index (χ2v) is 11.3. The SMILES string of the molecule is [C-]#[N+]c1ccc(COc2cccc(C3CCN(Cc4nc5sc(C(=O)O)cc5n4CC4CCO4)CC3F)n2)c(F)c1. The van der Waals surface area contributed by atoms with Crippen molar-refractivity contribution >= 4 is 33.3 Å². The number of hydrogen-bond acceptors (Lipinski definition) is 7. The number of pyridine rings is 1. The minimum Gasteiger partial charge on any atom is -0.477 e. The van der Waals surface area contributed by atoms with Gasteiger partial charge in [-0.25, -0.2) is 28.4 Å². The zero-order valence-corrected chi connectivity index (χ0v) is 22.8. The molecule has 9 nitrogen and oxygen atoms in total. The Balaban J connectivity index is 1.11. The van der Waals surface area contributed by atoms with Gasteiger partial charge in [0.1, 0.15) is 34.1 Å². The van der Waals surface area contributed by atoms with Crippen LogP contribution in [0, 0.1) is 12.4 Å². The summed E-state index contributed by atoms with van der Waals surface area (Å²) in [6, 6.07) is 11.1. The van der Waals surface area contributed by atoms with Gasteiger partial charge in [-0.05, 0) is 37.6 Å². The Hall–Kier alpha value is -3.92. The lowest BCUT2D eigenvalue weighted by Crippen LogP contribution is -2.41. The number of carbonyl (C=O) groups is 1. The van der Waals surface area contributed by atoms with Crippen LogP contribution in [0.2, 0.25) is 0 Å². The van der Waals surface area contributed by atoms with Gasteiger partial charge in [0.25, 0.3) is 0 Å². The number of nitrogens with zero attached hydrogens (tertiary/aromatic N) is 5. The fourth-order valence-electron chi connectivity index (χ4n) is 5.26. The number of aromatic nitrogens is 3. The molecule has 2 aliphatic heterocycles. The zero-order valence-electron chi connectivity index (χ0n) is 22.0. The van der Waals surface area contributed by atoms with Gasteiger partial charge in [-0.2, -0.15) is 0 Å². The van der Waals surface area contributed by atoms with Crippen molar-refractivity contribution in [2.75, 3.05) is 19.7 Å². The van der Waals surface area contributed by atoms with E-state index in [1.807, 2.05) is 9.47 Å².